The summed E-state index contributed by atoms with van der Waals surface area (Å²) in [6.45, 7) is 2.56. The lowest BCUT2D eigenvalue weighted by Gasteiger charge is -2.19. The fraction of sp³-hybridized carbons (Fsp3) is 0.200. The molecule has 2 aromatic rings. The fourth-order valence-electron chi connectivity index (χ4n) is 2.05. The Morgan fingerprint density at radius 1 is 1.20 bits per heavy atom. The van der Waals surface area contributed by atoms with E-state index in [1.165, 1.54) is 0 Å². The highest BCUT2D eigenvalue weighted by atomic mass is 35.5. The van der Waals surface area contributed by atoms with Crippen molar-refractivity contribution in [2.45, 2.75) is 13.0 Å². The topological polar surface area (TPSA) is 47.3 Å². The first-order valence-corrected chi connectivity index (χ1v) is 7.05. The number of rotatable bonds is 5. The Morgan fingerprint density at radius 2 is 2.00 bits per heavy atom. The molecule has 0 aliphatic carbocycles. The van der Waals surface area contributed by atoms with Gasteiger partial charge < -0.3 is 4.74 Å². The molecule has 0 saturated carbocycles. The number of hydrazine groups is 1. The molecule has 20 heavy (non-hydrogen) atoms. The lowest BCUT2D eigenvalue weighted by molar-refractivity contribution is 0.339. The molecule has 0 fully saturated rings. The molecule has 0 aromatic heterocycles. The monoisotopic (exact) mass is 310 g/mol. The van der Waals surface area contributed by atoms with Gasteiger partial charge in [-0.3, -0.25) is 5.84 Å². The number of nitrogens with one attached hydrogen (secondary N) is 1. The van der Waals surface area contributed by atoms with Gasteiger partial charge in [-0.1, -0.05) is 41.4 Å². The van der Waals surface area contributed by atoms with Crippen molar-refractivity contribution in [3.8, 4) is 5.75 Å². The van der Waals surface area contributed by atoms with Gasteiger partial charge in [-0.15, -0.1) is 0 Å². The molecular formula is C15H16Cl2N2O. The van der Waals surface area contributed by atoms with Crippen LogP contribution < -0.4 is 16.0 Å². The summed E-state index contributed by atoms with van der Waals surface area (Å²) < 4.78 is 5.50. The van der Waals surface area contributed by atoms with Crippen molar-refractivity contribution in [3.05, 3.63) is 63.6 Å². The van der Waals surface area contributed by atoms with Crippen LogP contribution in [-0.2, 0) is 0 Å². The zero-order chi connectivity index (χ0) is 14.5. The molecule has 0 aliphatic rings. The van der Waals surface area contributed by atoms with Crippen LogP contribution in [0.25, 0.3) is 0 Å². The van der Waals surface area contributed by atoms with Crippen molar-refractivity contribution in [2.75, 3.05) is 6.61 Å². The van der Waals surface area contributed by atoms with E-state index in [1.54, 1.807) is 12.1 Å². The third-order valence-electron chi connectivity index (χ3n) is 2.94. The van der Waals surface area contributed by atoms with Gasteiger partial charge in [-0.05, 0) is 42.3 Å². The molecule has 0 aliphatic heterocycles. The average Bonchev–Trinajstić information content (AvgIpc) is 2.43. The lowest BCUT2D eigenvalue weighted by Crippen LogP contribution is -2.29. The Kier molecular flexibility index (Phi) is 5.26. The van der Waals surface area contributed by atoms with E-state index in [0.717, 1.165) is 16.9 Å². The minimum Gasteiger partial charge on any atom is -0.494 e. The van der Waals surface area contributed by atoms with Gasteiger partial charge in [0.2, 0.25) is 0 Å². The highest BCUT2D eigenvalue weighted by molar-refractivity contribution is 6.35. The molecule has 0 bridgehead atoms. The SMILES string of the molecule is CCOc1cccc(C(NN)c2ccc(Cl)cc2Cl)c1. The van der Waals surface area contributed by atoms with Crippen molar-refractivity contribution >= 4 is 23.2 Å². The van der Waals surface area contributed by atoms with Crippen molar-refractivity contribution < 1.29 is 4.74 Å². The molecule has 0 heterocycles. The number of hydrogen-bond donors (Lipinski definition) is 2. The van der Waals surface area contributed by atoms with E-state index < -0.39 is 0 Å². The second-order valence-electron chi connectivity index (χ2n) is 4.27. The van der Waals surface area contributed by atoms with Crippen molar-refractivity contribution in [2.24, 2.45) is 5.84 Å². The van der Waals surface area contributed by atoms with E-state index >= 15 is 0 Å². The zero-order valence-corrected chi connectivity index (χ0v) is 12.6. The van der Waals surface area contributed by atoms with Crippen LogP contribution in [0, 0.1) is 0 Å². The Hall–Kier alpha value is -1.26. The number of hydrogen-bond acceptors (Lipinski definition) is 3. The summed E-state index contributed by atoms with van der Waals surface area (Å²) in [6, 6.07) is 12.9. The van der Waals surface area contributed by atoms with Crippen LogP contribution in [0.3, 0.4) is 0 Å². The summed E-state index contributed by atoms with van der Waals surface area (Å²) in [5.74, 6) is 6.49. The minimum absolute atomic E-state index is 0.222. The summed E-state index contributed by atoms with van der Waals surface area (Å²) in [4.78, 5) is 0. The first-order valence-electron chi connectivity index (χ1n) is 6.29. The van der Waals surface area contributed by atoms with Gasteiger partial charge in [-0.25, -0.2) is 5.43 Å². The highest BCUT2D eigenvalue weighted by Crippen LogP contribution is 2.31. The van der Waals surface area contributed by atoms with Crippen LogP contribution in [0.5, 0.6) is 5.75 Å². The normalized spacial score (nSPS) is 12.2. The van der Waals surface area contributed by atoms with Gasteiger partial charge in [0, 0.05) is 10.0 Å². The van der Waals surface area contributed by atoms with Crippen LogP contribution in [0.15, 0.2) is 42.5 Å². The summed E-state index contributed by atoms with van der Waals surface area (Å²) in [7, 11) is 0. The second-order valence-corrected chi connectivity index (χ2v) is 5.11. The van der Waals surface area contributed by atoms with E-state index in [2.05, 4.69) is 5.43 Å². The zero-order valence-electron chi connectivity index (χ0n) is 11.1. The van der Waals surface area contributed by atoms with Gasteiger partial charge in [0.15, 0.2) is 0 Å². The molecule has 1 atom stereocenters. The molecule has 2 rings (SSSR count). The minimum atomic E-state index is -0.222. The van der Waals surface area contributed by atoms with Crippen molar-refractivity contribution in [1.82, 2.24) is 5.43 Å². The standard InChI is InChI=1S/C15H16Cl2N2O/c1-2-20-12-5-3-4-10(8-12)15(19-18)13-7-6-11(16)9-14(13)17/h3-9,15,19H,2,18H2,1H3. The van der Waals surface area contributed by atoms with E-state index in [0.29, 0.717) is 16.7 Å². The molecule has 0 saturated heterocycles. The smallest absolute Gasteiger partial charge is 0.119 e. The summed E-state index contributed by atoms with van der Waals surface area (Å²) in [5.41, 5.74) is 4.62. The molecule has 0 spiro atoms. The summed E-state index contributed by atoms with van der Waals surface area (Å²) in [5, 5.41) is 1.17. The third kappa shape index (κ3) is 3.44. The first-order chi connectivity index (χ1) is 9.65. The van der Waals surface area contributed by atoms with Crippen LogP contribution in [-0.4, -0.2) is 6.61 Å². The molecule has 3 N–H and O–H groups in total. The molecule has 3 nitrogen and oxygen atoms in total. The number of nitrogens with two attached hydrogens (primary N) is 1. The Morgan fingerprint density at radius 3 is 2.65 bits per heavy atom. The molecule has 1 unspecified atom stereocenters. The average molecular weight is 311 g/mol. The van der Waals surface area contributed by atoms with E-state index in [4.69, 9.17) is 33.8 Å². The molecule has 106 valence electrons. The summed E-state index contributed by atoms with van der Waals surface area (Å²) >= 11 is 12.2. The van der Waals surface area contributed by atoms with Crippen LogP contribution in [0.4, 0.5) is 0 Å². The maximum absolute atomic E-state index is 6.24. The van der Waals surface area contributed by atoms with E-state index in [9.17, 15) is 0 Å². The Balaban J connectivity index is 2.38. The van der Waals surface area contributed by atoms with E-state index in [-0.39, 0.29) is 6.04 Å². The highest BCUT2D eigenvalue weighted by Gasteiger charge is 2.16. The van der Waals surface area contributed by atoms with Crippen LogP contribution >= 0.6 is 23.2 Å². The molecule has 0 amide bonds. The Labute approximate surface area is 128 Å². The number of benzene rings is 2. The van der Waals surface area contributed by atoms with Gasteiger partial charge in [-0.2, -0.15) is 0 Å². The van der Waals surface area contributed by atoms with Crippen LogP contribution in [0.2, 0.25) is 10.0 Å². The third-order valence-corrected chi connectivity index (χ3v) is 3.51. The van der Waals surface area contributed by atoms with Crippen LogP contribution in [0.1, 0.15) is 24.1 Å². The van der Waals surface area contributed by atoms with Crippen molar-refractivity contribution in [1.29, 1.82) is 0 Å². The Bertz CT molecular complexity index is 590. The molecular weight excluding hydrogens is 295 g/mol. The van der Waals surface area contributed by atoms with Gasteiger partial charge >= 0.3 is 0 Å². The largest absolute Gasteiger partial charge is 0.494 e. The van der Waals surface area contributed by atoms with Gasteiger partial charge in [0.05, 0.1) is 12.6 Å². The predicted molar refractivity (Wildman–Crippen MR) is 83.2 cm³/mol. The maximum Gasteiger partial charge on any atom is 0.119 e. The predicted octanol–water partition coefficient (Wildman–Crippen LogP) is 3.94. The molecule has 2 aromatic carbocycles. The molecule has 5 heteroatoms. The molecule has 0 radical (unpaired) electrons. The second kappa shape index (κ2) is 6.95. The maximum atomic E-state index is 6.24. The van der Waals surface area contributed by atoms with Gasteiger partial charge in [0.25, 0.3) is 0 Å². The summed E-state index contributed by atoms with van der Waals surface area (Å²) in [6.07, 6.45) is 0. The van der Waals surface area contributed by atoms with Crippen molar-refractivity contribution in [3.63, 3.8) is 0 Å². The lowest BCUT2D eigenvalue weighted by atomic mass is 9.99. The first kappa shape index (κ1) is 15.1. The number of ether oxygens (including phenoxy) is 1. The number of halogens is 2. The van der Waals surface area contributed by atoms with Gasteiger partial charge in [0.1, 0.15) is 5.75 Å². The van der Waals surface area contributed by atoms with E-state index in [1.807, 2.05) is 37.3 Å². The quantitative estimate of drug-likeness (QED) is 0.649. The fourth-order valence-corrected chi connectivity index (χ4v) is 2.57.